The topological polar surface area (TPSA) is 17.1 Å². The average molecular weight is 377 g/mol. The van der Waals surface area contributed by atoms with Crippen LogP contribution in [0.1, 0.15) is 10.4 Å². The monoisotopic (exact) mass is 376 g/mol. The minimum absolute atomic E-state index is 0.128. The van der Waals surface area contributed by atoms with Gasteiger partial charge in [-0.05, 0) is 50.7 Å². The molecule has 0 spiro atoms. The van der Waals surface area contributed by atoms with E-state index in [2.05, 4.69) is 15.9 Å². The molecule has 0 aliphatic rings. The summed E-state index contributed by atoms with van der Waals surface area (Å²) in [6.45, 7) is 0. The molecule has 1 nitrogen and oxygen atoms in total. The average Bonchev–Trinajstić information content (AvgIpc) is 2.12. The van der Waals surface area contributed by atoms with Crippen LogP contribution in [-0.4, -0.2) is 11.7 Å². The van der Waals surface area contributed by atoms with Gasteiger partial charge >= 0.3 is 0 Å². The first kappa shape index (κ1) is 11.4. The Balaban J connectivity index is 3.20. The number of carbonyl (C=O) groups excluding carboxylic acids is 1. The van der Waals surface area contributed by atoms with Gasteiger partial charge in [0.15, 0.2) is 5.78 Å². The first-order chi connectivity index (χ1) is 6.06. The number of hydrogen-bond donors (Lipinski definition) is 0. The minimum atomic E-state index is -0.444. The quantitative estimate of drug-likeness (QED) is 0.333. The third kappa shape index (κ3) is 2.63. The summed E-state index contributed by atoms with van der Waals surface area (Å²) in [6.07, 6.45) is 0. The van der Waals surface area contributed by atoms with E-state index >= 15 is 0 Å². The van der Waals surface area contributed by atoms with E-state index in [1.165, 1.54) is 6.07 Å². The van der Waals surface area contributed by atoms with Gasteiger partial charge in [-0.1, -0.05) is 0 Å². The Kier molecular flexibility index (Phi) is 4.12. The van der Waals surface area contributed by atoms with Gasteiger partial charge in [0.25, 0.3) is 0 Å². The summed E-state index contributed by atoms with van der Waals surface area (Å²) in [6, 6.07) is 2.77. The van der Waals surface area contributed by atoms with E-state index in [0.717, 1.165) is 0 Å². The van der Waals surface area contributed by atoms with Crippen molar-refractivity contribution >= 4 is 55.9 Å². The molecule has 0 heterocycles. The zero-order valence-corrected chi connectivity index (χ0v) is 10.8. The fourth-order valence-corrected chi connectivity index (χ4v) is 1.77. The van der Waals surface area contributed by atoms with Gasteiger partial charge in [-0.15, -0.1) is 11.6 Å². The fraction of sp³-hybridized carbons (Fsp3) is 0.125. The predicted octanol–water partition coefficient (Wildman–Crippen LogP) is 3.61. The molecule has 13 heavy (non-hydrogen) atoms. The van der Waals surface area contributed by atoms with Crippen molar-refractivity contribution in [2.75, 3.05) is 5.88 Å². The maximum atomic E-state index is 13.1. The minimum Gasteiger partial charge on any atom is -0.293 e. The third-order valence-electron chi connectivity index (χ3n) is 1.43. The number of carbonyl (C=O) groups is 1. The first-order valence-electron chi connectivity index (χ1n) is 3.30. The highest BCUT2D eigenvalue weighted by Gasteiger charge is 2.10. The molecule has 5 heteroatoms. The Morgan fingerprint density at radius 3 is 2.69 bits per heavy atom. The van der Waals surface area contributed by atoms with E-state index < -0.39 is 5.82 Å². The molecule has 1 rings (SSSR count). The van der Waals surface area contributed by atoms with Crippen molar-refractivity contribution in [1.82, 2.24) is 0 Å². The Hall–Kier alpha value is 0.320. The number of alkyl halides is 1. The number of benzene rings is 1. The Morgan fingerprint density at radius 2 is 2.23 bits per heavy atom. The number of ketones is 1. The first-order valence-corrected chi connectivity index (χ1v) is 5.70. The van der Waals surface area contributed by atoms with Gasteiger partial charge in [0.1, 0.15) is 5.82 Å². The van der Waals surface area contributed by atoms with Crippen LogP contribution in [0.3, 0.4) is 0 Å². The standard InChI is InChI=1S/C8H4BrClFIO/c9-8-5(11)1-4(2-6(8)12)7(13)3-10/h1-2H,3H2. The highest BCUT2D eigenvalue weighted by Crippen LogP contribution is 2.24. The van der Waals surface area contributed by atoms with Gasteiger partial charge in [-0.2, -0.15) is 0 Å². The van der Waals surface area contributed by atoms with Crippen LogP contribution >= 0.6 is 50.1 Å². The highest BCUT2D eigenvalue weighted by atomic mass is 127. The lowest BCUT2D eigenvalue weighted by Crippen LogP contribution is -2.02. The normalized spacial score (nSPS) is 10.2. The van der Waals surface area contributed by atoms with E-state index in [-0.39, 0.29) is 11.7 Å². The molecule has 0 aliphatic heterocycles. The molecule has 0 bridgehead atoms. The van der Waals surface area contributed by atoms with Gasteiger partial charge in [0, 0.05) is 9.13 Å². The molecule has 0 radical (unpaired) electrons. The fourth-order valence-electron chi connectivity index (χ4n) is 0.794. The zero-order valence-electron chi connectivity index (χ0n) is 6.28. The molecule has 0 N–H and O–H groups in total. The maximum absolute atomic E-state index is 13.1. The molecular formula is C8H4BrClFIO. The Morgan fingerprint density at radius 1 is 1.62 bits per heavy atom. The molecule has 0 saturated carbocycles. The molecular weight excluding hydrogens is 373 g/mol. The van der Waals surface area contributed by atoms with Crippen molar-refractivity contribution in [1.29, 1.82) is 0 Å². The molecule has 0 atom stereocenters. The van der Waals surface area contributed by atoms with Gasteiger partial charge in [0.2, 0.25) is 0 Å². The van der Waals surface area contributed by atoms with Crippen LogP contribution in [0.2, 0.25) is 0 Å². The summed E-state index contributed by atoms with van der Waals surface area (Å²) in [5.74, 6) is -0.844. The van der Waals surface area contributed by atoms with Gasteiger partial charge in [-0.25, -0.2) is 4.39 Å². The summed E-state index contributed by atoms with van der Waals surface area (Å²) in [5, 5.41) is 0. The molecule has 1 aromatic carbocycles. The largest absolute Gasteiger partial charge is 0.293 e. The molecule has 70 valence electrons. The van der Waals surface area contributed by atoms with Crippen molar-refractivity contribution < 1.29 is 9.18 Å². The van der Waals surface area contributed by atoms with E-state index in [0.29, 0.717) is 13.6 Å². The van der Waals surface area contributed by atoms with Crippen molar-refractivity contribution in [3.05, 3.63) is 31.6 Å². The zero-order chi connectivity index (χ0) is 10.0. The smallest absolute Gasteiger partial charge is 0.177 e. The van der Waals surface area contributed by atoms with Gasteiger partial charge in [0.05, 0.1) is 10.4 Å². The number of rotatable bonds is 2. The Bertz CT molecular complexity index is 333. The highest BCUT2D eigenvalue weighted by molar-refractivity contribution is 14.1. The van der Waals surface area contributed by atoms with Crippen LogP contribution in [-0.2, 0) is 0 Å². The SMILES string of the molecule is O=C(CCl)c1cc(F)c(Br)c(I)c1. The second-order valence-corrected chi connectivity index (χ2v) is 4.53. The molecule has 0 fully saturated rings. The molecule has 0 amide bonds. The van der Waals surface area contributed by atoms with E-state index in [1.54, 1.807) is 6.07 Å². The predicted molar refractivity (Wildman–Crippen MR) is 61.9 cm³/mol. The van der Waals surface area contributed by atoms with Crippen molar-refractivity contribution in [2.24, 2.45) is 0 Å². The molecule has 0 unspecified atom stereocenters. The van der Waals surface area contributed by atoms with E-state index in [1.807, 2.05) is 22.6 Å². The molecule has 0 aliphatic carbocycles. The van der Waals surface area contributed by atoms with Crippen molar-refractivity contribution in [2.45, 2.75) is 0 Å². The van der Waals surface area contributed by atoms with Crippen LogP contribution in [0.25, 0.3) is 0 Å². The molecule has 0 aromatic heterocycles. The van der Waals surface area contributed by atoms with Crippen LogP contribution < -0.4 is 0 Å². The summed E-state index contributed by atoms with van der Waals surface area (Å²) in [4.78, 5) is 11.1. The van der Waals surface area contributed by atoms with Crippen LogP contribution in [0.5, 0.6) is 0 Å². The maximum Gasteiger partial charge on any atom is 0.177 e. The van der Waals surface area contributed by atoms with Crippen molar-refractivity contribution in [3.63, 3.8) is 0 Å². The Labute approximate surface area is 102 Å². The molecule has 1 aromatic rings. The number of halogens is 4. The summed E-state index contributed by atoms with van der Waals surface area (Å²) >= 11 is 10.3. The third-order valence-corrected chi connectivity index (χ3v) is 4.07. The number of hydrogen-bond acceptors (Lipinski definition) is 1. The summed E-state index contributed by atoms with van der Waals surface area (Å²) in [5.41, 5.74) is 0.306. The number of Topliss-reactive ketones (excluding diaryl/α,β-unsaturated/α-hetero) is 1. The second kappa shape index (κ2) is 4.70. The van der Waals surface area contributed by atoms with E-state index in [4.69, 9.17) is 11.6 Å². The lowest BCUT2D eigenvalue weighted by molar-refractivity contribution is 0.102. The summed E-state index contributed by atoms with van der Waals surface area (Å²) in [7, 11) is 0. The lowest BCUT2D eigenvalue weighted by Gasteiger charge is -2.01. The van der Waals surface area contributed by atoms with Crippen LogP contribution in [0, 0.1) is 9.39 Å². The van der Waals surface area contributed by atoms with Crippen molar-refractivity contribution in [3.8, 4) is 0 Å². The second-order valence-electron chi connectivity index (χ2n) is 2.31. The van der Waals surface area contributed by atoms with Crippen LogP contribution in [0.15, 0.2) is 16.6 Å². The van der Waals surface area contributed by atoms with E-state index in [9.17, 15) is 9.18 Å². The lowest BCUT2D eigenvalue weighted by atomic mass is 10.1. The molecule has 0 saturated heterocycles. The van der Waals surface area contributed by atoms with Gasteiger partial charge in [-0.3, -0.25) is 4.79 Å². The summed E-state index contributed by atoms with van der Waals surface area (Å²) < 4.78 is 14.1. The van der Waals surface area contributed by atoms with Gasteiger partial charge < -0.3 is 0 Å². The van der Waals surface area contributed by atoms with Crippen LogP contribution in [0.4, 0.5) is 4.39 Å².